The van der Waals surface area contributed by atoms with Crippen LogP contribution in [0.5, 0.6) is 0 Å². The Hall–Kier alpha value is -1.40. The first-order chi connectivity index (χ1) is 14.6. The van der Waals surface area contributed by atoms with Gasteiger partial charge in [-0.05, 0) is 32.1 Å². The number of unbranched alkanes of at least 4 members (excludes halogenated alkanes) is 11. The van der Waals surface area contributed by atoms with Gasteiger partial charge in [-0.3, -0.25) is 9.59 Å². The van der Waals surface area contributed by atoms with Gasteiger partial charge in [-0.2, -0.15) is 0 Å². The van der Waals surface area contributed by atoms with Gasteiger partial charge in [-0.15, -0.1) is 0 Å². The zero-order chi connectivity index (χ0) is 23.6. The van der Waals surface area contributed by atoms with Crippen molar-refractivity contribution in [3.63, 3.8) is 0 Å². The van der Waals surface area contributed by atoms with E-state index in [9.17, 15) is 14.7 Å². The molecule has 31 heavy (non-hydrogen) atoms. The van der Waals surface area contributed by atoms with Gasteiger partial charge in [0.25, 0.3) is 5.79 Å². The summed E-state index contributed by atoms with van der Waals surface area (Å²) in [6.45, 7) is 2.26. The first-order valence-corrected chi connectivity index (χ1v) is 12.2. The van der Waals surface area contributed by atoms with Crippen molar-refractivity contribution >= 4 is 11.9 Å². The number of aliphatic carboxylic acids is 1. The molecule has 0 aliphatic rings. The minimum Gasteiger partial charge on any atom is -0.481 e. The summed E-state index contributed by atoms with van der Waals surface area (Å²) in [4.78, 5) is 23.1. The SMILES string of the molecule is CCCCCC=CCCCCCCCCCCC(=O)OC(O)(CC(=O)O)C[N+](C)(C)C. The molecule has 0 amide bonds. The smallest absolute Gasteiger partial charge is 0.310 e. The molecule has 0 aromatic carbocycles. The molecule has 6 nitrogen and oxygen atoms in total. The van der Waals surface area contributed by atoms with E-state index < -0.39 is 24.1 Å². The van der Waals surface area contributed by atoms with Crippen molar-refractivity contribution in [1.29, 1.82) is 0 Å². The number of carboxylic acid groups (broad SMARTS) is 1. The number of likely N-dealkylation sites (N-methyl/N-ethyl adjacent to an activating group) is 1. The molecular formula is C25H48NO5+. The maximum absolute atomic E-state index is 12.1. The Morgan fingerprint density at radius 2 is 1.32 bits per heavy atom. The Morgan fingerprint density at radius 3 is 1.81 bits per heavy atom. The number of carbonyl (C=O) groups excluding carboxylic acids is 1. The van der Waals surface area contributed by atoms with Gasteiger partial charge in [0.2, 0.25) is 0 Å². The second kappa shape index (κ2) is 17.2. The summed E-state index contributed by atoms with van der Waals surface area (Å²) in [5, 5.41) is 19.5. The van der Waals surface area contributed by atoms with Gasteiger partial charge < -0.3 is 19.4 Å². The molecule has 0 bridgehead atoms. The van der Waals surface area contributed by atoms with Crippen molar-refractivity contribution < 1.29 is 29.0 Å². The number of ether oxygens (including phenoxy) is 1. The molecule has 0 radical (unpaired) electrons. The molecule has 1 unspecified atom stereocenters. The molecule has 0 fully saturated rings. The van der Waals surface area contributed by atoms with Crippen LogP contribution in [0.3, 0.4) is 0 Å². The van der Waals surface area contributed by atoms with Crippen LogP contribution in [-0.2, 0) is 14.3 Å². The first-order valence-electron chi connectivity index (χ1n) is 12.2. The number of rotatable bonds is 20. The minimum absolute atomic E-state index is 0.0275. The maximum atomic E-state index is 12.1. The highest BCUT2D eigenvalue weighted by Gasteiger charge is 2.40. The molecule has 6 heteroatoms. The summed E-state index contributed by atoms with van der Waals surface area (Å²) in [6.07, 6.45) is 19.5. The predicted molar refractivity (Wildman–Crippen MR) is 126 cm³/mol. The Morgan fingerprint density at radius 1 is 0.839 bits per heavy atom. The van der Waals surface area contributed by atoms with Crippen LogP contribution in [0.4, 0.5) is 0 Å². The largest absolute Gasteiger partial charge is 0.481 e. The van der Waals surface area contributed by atoms with E-state index in [2.05, 4.69) is 19.1 Å². The monoisotopic (exact) mass is 442 g/mol. The lowest BCUT2D eigenvalue weighted by Crippen LogP contribution is -2.52. The van der Waals surface area contributed by atoms with Crippen molar-refractivity contribution in [3.8, 4) is 0 Å². The van der Waals surface area contributed by atoms with E-state index in [0.29, 0.717) is 10.9 Å². The van der Waals surface area contributed by atoms with Gasteiger partial charge >= 0.3 is 11.9 Å². The third kappa shape index (κ3) is 20.3. The molecule has 0 saturated heterocycles. The third-order valence-electron chi connectivity index (χ3n) is 5.10. The first kappa shape index (κ1) is 29.6. The number of allylic oxidation sites excluding steroid dienone is 2. The molecule has 2 N–H and O–H groups in total. The van der Waals surface area contributed by atoms with E-state index in [-0.39, 0.29) is 13.0 Å². The molecule has 0 rings (SSSR count). The highest BCUT2D eigenvalue weighted by Crippen LogP contribution is 2.19. The lowest BCUT2D eigenvalue weighted by molar-refractivity contribution is -0.880. The second-order valence-electron chi connectivity index (χ2n) is 9.77. The van der Waals surface area contributed by atoms with E-state index >= 15 is 0 Å². The molecule has 0 heterocycles. The molecule has 1 atom stereocenters. The van der Waals surface area contributed by atoms with Crippen LogP contribution in [0.25, 0.3) is 0 Å². The Bertz CT molecular complexity index is 513. The van der Waals surface area contributed by atoms with E-state index in [1.54, 1.807) is 0 Å². The summed E-state index contributed by atoms with van der Waals surface area (Å²) in [6, 6.07) is 0. The number of aliphatic hydroxyl groups is 1. The zero-order valence-electron chi connectivity index (χ0n) is 20.5. The lowest BCUT2D eigenvalue weighted by Gasteiger charge is -2.34. The molecule has 0 saturated carbocycles. The maximum Gasteiger partial charge on any atom is 0.310 e. The van der Waals surface area contributed by atoms with E-state index in [1.807, 2.05) is 21.1 Å². The van der Waals surface area contributed by atoms with Gasteiger partial charge in [0.05, 0.1) is 21.1 Å². The van der Waals surface area contributed by atoms with Crippen molar-refractivity contribution in [2.75, 3.05) is 27.7 Å². The fraction of sp³-hybridized carbons (Fsp3) is 0.840. The van der Waals surface area contributed by atoms with Crippen LogP contribution >= 0.6 is 0 Å². The van der Waals surface area contributed by atoms with E-state index in [4.69, 9.17) is 9.84 Å². The standard InChI is InChI=1S/C25H47NO5/c1-5-6-7-8-9-10-11-12-13-14-15-16-17-18-19-20-24(29)31-25(30,21-23(27)28)22-26(2,3)4/h9-10,30H,5-8,11-22H2,1-4H3/p+1. The average molecular weight is 443 g/mol. The average Bonchev–Trinajstić information content (AvgIpc) is 2.62. The van der Waals surface area contributed by atoms with Crippen molar-refractivity contribution in [2.45, 2.75) is 109 Å². The number of quaternary nitrogens is 1. The van der Waals surface area contributed by atoms with Gasteiger partial charge in [0.15, 0.2) is 0 Å². The number of hydrogen-bond acceptors (Lipinski definition) is 4. The molecular weight excluding hydrogens is 394 g/mol. The van der Waals surface area contributed by atoms with Crippen LogP contribution in [0, 0.1) is 0 Å². The summed E-state index contributed by atoms with van der Waals surface area (Å²) < 4.78 is 5.46. The highest BCUT2D eigenvalue weighted by atomic mass is 16.7. The molecule has 0 aromatic heterocycles. The highest BCUT2D eigenvalue weighted by molar-refractivity contribution is 5.72. The van der Waals surface area contributed by atoms with Gasteiger partial charge in [-0.25, -0.2) is 0 Å². The number of carboxylic acids is 1. The lowest BCUT2D eigenvalue weighted by atomic mass is 10.1. The molecule has 0 aromatic rings. The van der Waals surface area contributed by atoms with Crippen LogP contribution in [0.15, 0.2) is 12.2 Å². The Labute approximate surface area is 190 Å². The van der Waals surface area contributed by atoms with Crippen LogP contribution < -0.4 is 0 Å². The number of hydrogen-bond donors (Lipinski definition) is 2. The minimum atomic E-state index is -1.97. The van der Waals surface area contributed by atoms with Crippen LogP contribution in [0.2, 0.25) is 0 Å². The van der Waals surface area contributed by atoms with Crippen molar-refractivity contribution in [2.24, 2.45) is 0 Å². The summed E-state index contributed by atoms with van der Waals surface area (Å²) in [7, 11) is 5.43. The normalized spacial score (nSPS) is 14.0. The quantitative estimate of drug-likeness (QED) is 0.0862. The molecule has 0 aliphatic heterocycles. The van der Waals surface area contributed by atoms with Crippen LogP contribution in [0.1, 0.15) is 103 Å². The van der Waals surface area contributed by atoms with Crippen molar-refractivity contribution in [3.05, 3.63) is 12.2 Å². The van der Waals surface area contributed by atoms with E-state index in [1.165, 1.54) is 64.2 Å². The third-order valence-corrected chi connectivity index (χ3v) is 5.10. The van der Waals surface area contributed by atoms with E-state index in [0.717, 1.165) is 12.8 Å². The number of esters is 1. The summed E-state index contributed by atoms with van der Waals surface area (Å²) in [5.74, 6) is -3.68. The van der Waals surface area contributed by atoms with Crippen molar-refractivity contribution in [1.82, 2.24) is 0 Å². The fourth-order valence-corrected chi connectivity index (χ4v) is 3.70. The molecule has 182 valence electrons. The Balaban J connectivity index is 3.77. The predicted octanol–water partition coefficient (Wildman–Crippen LogP) is 5.44. The molecule has 0 spiro atoms. The number of carbonyl (C=O) groups is 2. The summed E-state index contributed by atoms with van der Waals surface area (Å²) in [5.41, 5.74) is 0. The topological polar surface area (TPSA) is 83.8 Å². The fourth-order valence-electron chi connectivity index (χ4n) is 3.70. The summed E-state index contributed by atoms with van der Waals surface area (Å²) >= 11 is 0. The number of nitrogens with zero attached hydrogens (tertiary/aromatic N) is 1. The van der Waals surface area contributed by atoms with Gasteiger partial charge in [0, 0.05) is 6.42 Å². The Kier molecular flexibility index (Phi) is 16.4. The van der Waals surface area contributed by atoms with Gasteiger partial charge in [-0.1, -0.05) is 70.4 Å². The zero-order valence-corrected chi connectivity index (χ0v) is 20.5. The molecule has 0 aliphatic carbocycles. The van der Waals surface area contributed by atoms with Crippen LogP contribution in [-0.4, -0.2) is 60.1 Å². The van der Waals surface area contributed by atoms with Gasteiger partial charge in [0.1, 0.15) is 13.0 Å². The second-order valence-corrected chi connectivity index (χ2v) is 9.77.